The summed E-state index contributed by atoms with van der Waals surface area (Å²) in [4.78, 5) is 11.2. The Hall–Kier alpha value is -1.77. The molecule has 2 rings (SSSR count). The lowest BCUT2D eigenvalue weighted by Crippen LogP contribution is -2.10. The zero-order valence-electron chi connectivity index (χ0n) is 9.57. The Morgan fingerprint density at radius 2 is 2.06 bits per heavy atom. The standard InChI is InChI=1S/C13H14O3/c1-7-8(2)12(13(14)15)11-6-9(16-3)4-5-10(7)11/h4-6,12H,1-3H3,(H,14,15). The fourth-order valence-corrected chi connectivity index (χ4v) is 2.23. The summed E-state index contributed by atoms with van der Waals surface area (Å²) in [6.45, 7) is 3.84. The number of fused-ring (bicyclic) bond motifs is 1. The van der Waals surface area contributed by atoms with Crippen LogP contribution < -0.4 is 4.74 Å². The van der Waals surface area contributed by atoms with Crippen LogP contribution in [0.4, 0.5) is 0 Å². The maximum atomic E-state index is 11.2. The summed E-state index contributed by atoms with van der Waals surface area (Å²) in [6, 6.07) is 5.60. The molecule has 1 aliphatic rings. The van der Waals surface area contributed by atoms with Crippen molar-refractivity contribution in [2.75, 3.05) is 7.11 Å². The molecule has 0 bridgehead atoms. The minimum Gasteiger partial charge on any atom is -0.497 e. The monoisotopic (exact) mass is 218 g/mol. The van der Waals surface area contributed by atoms with Gasteiger partial charge in [0.15, 0.2) is 0 Å². The van der Waals surface area contributed by atoms with Crippen molar-refractivity contribution in [2.24, 2.45) is 0 Å². The van der Waals surface area contributed by atoms with Crippen molar-refractivity contribution in [3.8, 4) is 5.75 Å². The maximum Gasteiger partial charge on any atom is 0.315 e. The Balaban J connectivity index is 2.60. The van der Waals surface area contributed by atoms with Crippen molar-refractivity contribution >= 4 is 11.5 Å². The molecule has 1 aromatic rings. The van der Waals surface area contributed by atoms with Crippen LogP contribution in [0.25, 0.3) is 5.57 Å². The van der Waals surface area contributed by atoms with E-state index in [1.807, 2.05) is 32.0 Å². The van der Waals surface area contributed by atoms with Crippen LogP contribution >= 0.6 is 0 Å². The third kappa shape index (κ3) is 1.40. The normalized spacial score (nSPS) is 18.6. The van der Waals surface area contributed by atoms with E-state index in [0.29, 0.717) is 5.75 Å². The van der Waals surface area contributed by atoms with E-state index < -0.39 is 11.9 Å². The van der Waals surface area contributed by atoms with Crippen LogP contribution in [0, 0.1) is 0 Å². The van der Waals surface area contributed by atoms with Gasteiger partial charge in [-0.3, -0.25) is 4.79 Å². The van der Waals surface area contributed by atoms with Crippen LogP contribution in [-0.2, 0) is 4.79 Å². The van der Waals surface area contributed by atoms with Crippen LogP contribution in [0.15, 0.2) is 23.8 Å². The molecule has 0 fully saturated rings. The average molecular weight is 218 g/mol. The highest BCUT2D eigenvalue weighted by atomic mass is 16.5. The first-order chi connectivity index (χ1) is 7.56. The second-order valence-electron chi connectivity index (χ2n) is 4.03. The minimum atomic E-state index is -0.802. The second kappa shape index (κ2) is 3.67. The fourth-order valence-electron chi connectivity index (χ4n) is 2.23. The molecule has 16 heavy (non-hydrogen) atoms. The molecule has 3 heteroatoms. The SMILES string of the molecule is COc1ccc2c(c1)C(C(=O)O)C(C)=C2C. The summed E-state index contributed by atoms with van der Waals surface area (Å²) in [5.74, 6) is -0.624. The summed E-state index contributed by atoms with van der Waals surface area (Å²) in [6.07, 6.45) is 0. The number of hydrogen-bond acceptors (Lipinski definition) is 2. The quantitative estimate of drug-likeness (QED) is 0.830. The summed E-state index contributed by atoms with van der Waals surface area (Å²) in [5, 5.41) is 9.24. The van der Waals surface area contributed by atoms with Gasteiger partial charge in [-0.25, -0.2) is 0 Å². The first-order valence-electron chi connectivity index (χ1n) is 5.14. The lowest BCUT2D eigenvalue weighted by atomic mass is 9.97. The Labute approximate surface area is 94.4 Å². The number of aliphatic carboxylic acids is 1. The topological polar surface area (TPSA) is 46.5 Å². The number of allylic oxidation sites excluding steroid dienone is 1. The smallest absolute Gasteiger partial charge is 0.315 e. The van der Waals surface area contributed by atoms with E-state index in [0.717, 1.165) is 22.3 Å². The number of hydrogen-bond donors (Lipinski definition) is 1. The van der Waals surface area contributed by atoms with Crippen LogP contribution in [0.3, 0.4) is 0 Å². The molecule has 3 nitrogen and oxygen atoms in total. The van der Waals surface area contributed by atoms with Crippen molar-refractivity contribution in [2.45, 2.75) is 19.8 Å². The van der Waals surface area contributed by atoms with Crippen LogP contribution in [0.5, 0.6) is 5.75 Å². The van der Waals surface area contributed by atoms with Gasteiger partial charge in [0.25, 0.3) is 0 Å². The van der Waals surface area contributed by atoms with Crippen LogP contribution in [0.2, 0.25) is 0 Å². The second-order valence-corrected chi connectivity index (χ2v) is 4.03. The van der Waals surface area contributed by atoms with Crippen molar-refractivity contribution in [3.63, 3.8) is 0 Å². The molecule has 0 aromatic heterocycles. The third-order valence-corrected chi connectivity index (χ3v) is 3.25. The number of rotatable bonds is 2. The van der Waals surface area contributed by atoms with Crippen LogP contribution in [-0.4, -0.2) is 18.2 Å². The number of benzene rings is 1. The van der Waals surface area contributed by atoms with Gasteiger partial charge in [0.1, 0.15) is 11.7 Å². The maximum absolute atomic E-state index is 11.2. The van der Waals surface area contributed by atoms with Crippen molar-refractivity contribution in [1.29, 1.82) is 0 Å². The Kier molecular flexibility index (Phi) is 2.46. The predicted octanol–water partition coefficient (Wildman–Crippen LogP) is 2.67. The summed E-state index contributed by atoms with van der Waals surface area (Å²) in [5.41, 5.74) is 3.83. The molecule has 1 unspecified atom stereocenters. The molecule has 0 aliphatic heterocycles. The molecule has 84 valence electrons. The van der Waals surface area contributed by atoms with Crippen molar-refractivity contribution in [3.05, 3.63) is 34.9 Å². The molecule has 1 atom stereocenters. The lowest BCUT2D eigenvalue weighted by molar-refractivity contribution is -0.137. The van der Waals surface area contributed by atoms with Gasteiger partial charge in [0.2, 0.25) is 0 Å². The molecule has 1 aromatic carbocycles. The van der Waals surface area contributed by atoms with Crippen molar-refractivity contribution in [1.82, 2.24) is 0 Å². The first kappa shape index (κ1) is 10.7. The van der Waals surface area contributed by atoms with Crippen LogP contribution in [0.1, 0.15) is 30.9 Å². The molecule has 0 saturated carbocycles. The Morgan fingerprint density at radius 1 is 1.38 bits per heavy atom. The number of carbonyl (C=O) groups is 1. The number of methoxy groups -OCH3 is 1. The van der Waals surface area contributed by atoms with Gasteiger partial charge in [0, 0.05) is 0 Å². The first-order valence-corrected chi connectivity index (χ1v) is 5.14. The predicted molar refractivity (Wildman–Crippen MR) is 61.6 cm³/mol. The number of ether oxygens (including phenoxy) is 1. The van der Waals surface area contributed by atoms with E-state index >= 15 is 0 Å². The van der Waals surface area contributed by atoms with E-state index in [2.05, 4.69) is 0 Å². The molecule has 0 saturated heterocycles. The van der Waals surface area contributed by atoms with E-state index in [9.17, 15) is 9.90 Å². The molecular weight excluding hydrogens is 204 g/mol. The summed E-state index contributed by atoms with van der Waals surface area (Å²) < 4.78 is 5.13. The Bertz CT molecular complexity index is 486. The lowest BCUT2D eigenvalue weighted by Gasteiger charge is -2.09. The van der Waals surface area contributed by atoms with Gasteiger partial charge in [-0.05, 0) is 42.7 Å². The van der Waals surface area contributed by atoms with Gasteiger partial charge in [-0.15, -0.1) is 0 Å². The molecule has 0 amide bonds. The van der Waals surface area contributed by atoms with E-state index in [1.54, 1.807) is 7.11 Å². The van der Waals surface area contributed by atoms with Crippen molar-refractivity contribution < 1.29 is 14.6 Å². The van der Waals surface area contributed by atoms with Gasteiger partial charge >= 0.3 is 5.97 Å². The molecule has 0 spiro atoms. The molecular formula is C13H14O3. The van der Waals surface area contributed by atoms with Gasteiger partial charge < -0.3 is 9.84 Å². The zero-order chi connectivity index (χ0) is 11.9. The van der Waals surface area contributed by atoms with E-state index in [-0.39, 0.29) is 0 Å². The number of carboxylic acid groups (broad SMARTS) is 1. The van der Waals surface area contributed by atoms with Gasteiger partial charge in [0.05, 0.1) is 7.11 Å². The number of carboxylic acids is 1. The Morgan fingerprint density at radius 3 is 2.62 bits per heavy atom. The fraction of sp³-hybridized carbons (Fsp3) is 0.308. The third-order valence-electron chi connectivity index (χ3n) is 3.25. The molecule has 0 radical (unpaired) electrons. The summed E-state index contributed by atoms with van der Waals surface area (Å²) >= 11 is 0. The van der Waals surface area contributed by atoms with Gasteiger partial charge in [-0.1, -0.05) is 11.6 Å². The highest BCUT2D eigenvalue weighted by molar-refractivity contribution is 5.91. The summed E-state index contributed by atoms with van der Waals surface area (Å²) in [7, 11) is 1.58. The minimum absolute atomic E-state index is 0.523. The molecule has 1 aliphatic carbocycles. The van der Waals surface area contributed by atoms with E-state index in [4.69, 9.17) is 4.74 Å². The highest BCUT2D eigenvalue weighted by Crippen LogP contribution is 2.42. The largest absolute Gasteiger partial charge is 0.497 e. The molecule has 0 heterocycles. The van der Waals surface area contributed by atoms with E-state index in [1.165, 1.54) is 0 Å². The average Bonchev–Trinajstić information content (AvgIpc) is 2.51. The highest BCUT2D eigenvalue weighted by Gasteiger charge is 2.32. The molecule has 1 N–H and O–H groups in total. The zero-order valence-corrected chi connectivity index (χ0v) is 9.57. The van der Waals surface area contributed by atoms with Gasteiger partial charge in [-0.2, -0.15) is 0 Å².